The Balaban J connectivity index is 2.00. The third kappa shape index (κ3) is 4.97. The van der Waals surface area contributed by atoms with Crippen LogP contribution < -0.4 is 5.32 Å². The van der Waals surface area contributed by atoms with Gasteiger partial charge in [-0.15, -0.1) is 11.3 Å². The predicted molar refractivity (Wildman–Crippen MR) is 91.4 cm³/mol. The van der Waals surface area contributed by atoms with Gasteiger partial charge in [0.15, 0.2) is 16.4 Å². The molecule has 7 nitrogen and oxygen atoms in total. The van der Waals surface area contributed by atoms with Crippen molar-refractivity contribution in [1.29, 1.82) is 0 Å². The summed E-state index contributed by atoms with van der Waals surface area (Å²) in [6.45, 7) is 0.960. The summed E-state index contributed by atoms with van der Waals surface area (Å²) >= 11 is 1.17. The second kappa shape index (κ2) is 7.58. The van der Waals surface area contributed by atoms with Gasteiger partial charge >= 0.3 is 5.97 Å². The monoisotopic (exact) mass is 381 g/mol. The Morgan fingerprint density at radius 1 is 1.20 bits per heavy atom. The molecule has 9 heteroatoms. The van der Waals surface area contributed by atoms with Crippen LogP contribution in [0, 0.1) is 6.92 Å². The lowest BCUT2D eigenvalue weighted by Gasteiger charge is -2.08. The number of hydrogen-bond donors (Lipinski definition) is 1. The number of ether oxygens (including phenoxy) is 1. The molecule has 25 heavy (non-hydrogen) atoms. The van der Waals surface area contributed by atoms with Gasteiger partial charge in [0.2, 0.25) is 0 Å². The number of amides is 2. The summed E-state index contributed by atoms with van der Waals surface area (Å²) in [5.74, 6) is -2.20. The number of nitrogens with one attached hydrogen (secondary N) is 1. The summed E-state index contributed by atoms with van der Waals surface area (Å²) in [6.07, 6.45) is 1.02. The maximum Gasteiger partial charge on any atom is 0.338 e. The number of esters is 1. The molecule has 0 aliphatic rings. The van der Waals surface area contributed by atoms with E-state index in [0.717, 1.165) is 6.26 Å². The first-order chi connectivity index (χ1) is 11.7. The molecule has 0 atom stereocenters. The first kappa shape index (κ1) is 18.8. The van der Waals surface area contributed by atoms with Crippen molar-refractivity contribution < 1.29 is 27.5 Å². The molecular formula is C16H15NO6S2. The number of carbonyl (C=O) groups excluding carboxylic acids is 3. The summed E-state index contributed by atoms with van der Waals surface area (Å²) in [5, 5.41) is 3.79. The molecule has 1 heterocycles. The van der Waals surface area contributed by atoms with Crippen LogP contribution in [0.4, 0.5) is 0 Å². The molecule has 2 aromatic rings. The molecule has 0 saturated heterocycles. The van der Waals surface area contributed by atoms with Crippen molar-refractivity contribution in [2.45, 2.75) is 11.8 Å². The van der Waals surface area contributed by atoms with E-state index in [0.29, 0.717) is 10.4 Å². The van der Waals surface area contributed by atoms with E-state index in [1.165, 1.54) is 29.5 Å². The number of thiophene rings is 1. The summed E-state index contributed by atoms with van der Waals surface area (Å²) in [4.78, 5) is 35.8. The van der Waals surface area contributed by atoms with Crippen LogP contribution in [-0.2, 0) is 19.4 Å². The zero-order chi connectivity index (χ0) is 18.6. The molecule has 1 aromatic heterocycles. The number of hydrogen-bond acceptors (Lipinski definition) is 7. The van der Waals surface area contributed by atoms with Crippen molar-refractivity contribution in [3.8, 4) is 0 Å². The van der Waals surface area contributed by atoms with E-state index in [1.54, 1.807) is 24.4 Å². The first-order valence-electron chi connectivity index (χ1n) is 7.04. The minimum Gasteiger partial charge on any atom is -0.452 e. The fourth-order valence-corrected chi connectivity index (χ4v) is 3.16. The summed E-state index contributed by atoms with van der Waals surface area (Å²) in [5.41, 5.74) is 0.549. The van der Waals surface area contributed by atoms with Crippen LogP contribution in [0.1, 0.15) is 25.6 Å². The molecule has 0 aliphatic heterocycles. The van der Waals surface area contributed by atoms with Gasteiger partial charge in [-0.05, 0) is 36.1 Å². The van der Waals surface area contributed by atoms with Gasteiger partial charge in [-0.2, -0.15) is 0 Å². The highest BCUT2D eigenvalue weighted by Gasteiger charge is 2.18. The third-order valence-electron chi connectivity index (χ3n) is 3.19. The molecule has 0 aliphatic carbocycles. The zero-order valence-corrected chi connectivity index (χ0v) is 15.1. The van der Waals surface area contributed by atoms with Crippen molar-refractivity contribution in [1.82, 2.24) is 5.32 Å². The van der Waals surface area contributed by atoms with Crippen LogP contribution >= 0.6 is 11.3 Å². The van der Waals surface area contributed by atoms with E-state index in [-0.39, 0.29) is 10.5 Å². The standard InChI is InChI=1S/C16H15NO6S2/c1-10-5-6-11(25(2,21)22)8-12(10)16(20)23-9-14(18)17-15(19)13-4-3-7-24-13/h3-8H,9H2,1-2H3,(H,17,18,19). The summed E-state index contributed by atoms with van der Waals surface area (Å²) < 4.78 is 28.0. The van der Waals surface area contributed by atoms with Gasteiger partial charge in [0, 0.05) is 6.26 Å². The minimum absolute atomic E-state index is 0.0256. The molecular weight excluding hydrogens is 366 g/mol. The Labute approximate surface area is 148 Å². The first-order valence-corrected chi connectivity index (χ1v) is 9.81. The average Bonchev–Trinajstić information content (AvgIpc) is 3.06. The maximum absolute atomic E-state index is 12.1. The number of benzene rings is 1. The van der Waals surface area contributed by atoms with Gasteiger partial charge in [-0.1, -0.05) is 12.1 Å². The molecule has 1 N–H and O–H groups in total. The molecule has 0 saturated carbocycles. The maximum atomic E-state index is 12.1. The predicted octanol–water partition coefficient (Wildman–Crippen LogP) is 1.57. The Morgan fingerprint density at radius 3 is 2.52 bits per heavy atom. The Morgan fingerprint density at radius 2 is 1.92 bits per heavy atom. The lowest BCUT2D eigenvalue weighted by Crippen LogP contribution is -2.33. The van der Waals surface area contributed by atoms with E-state index in [2.05, 4.69) is 5.32 Å². The highest BCUT2D eigenvalue weighted by Crippen LogP contribution is 2.16. The van der Waals surface area contributed by atoms with Crippen molar-refractivity contribution in [2.75, 3.05) is 12.9 Å². The Hall–Kier alpha value is -2.52. The van der Waals surface area contributed by atoms with Crippen molar-refractivity contribution in [3.63, 3.8) is 0 Å². The average molecular weight is 381 g/mol. The largest absolute Gasteiger partial charge is 0.452 e. The Bertz CT molecular complexity index is 916. The Kier molecular flexibility index (Phi) is 5.70. The number of sulfone groups is 1. The molecule has 0 bridgehead atoms. The van der Waals surface area contributed by atoms with Crippen molar-refractivity contribution >= 4 is 39.0 Å². The quantitative estimate of drug-likeness (QED) is 0.788. The zero-order valence-electron chi connectivity index (χ0n) is 13.4. The van der Waals surface area contributed by atoms with Gasteiger partial charge < -0.3 is 4.74 Å². The molecule has 2 amide bonds. The van der Waals surface area contributed by atoms with Crippen LogP contribution in [-0.4, -0.2) is 39.1 Å². The van der Waals surface area contributed by atoms with Gasteiger partial charge in [0.25, 0.3) is 11.8 Å². The summed E-state index contributed by atoms with van der Waals surface area (Å²) in [6, 6.07) is 7.28. The van der Waals surface area contributed by atoms with Crippen LogP contribution in [0.15, 0.2) is 40.6 Å². The van der Waals surface area contributed by atoms with Gasteiger partial charge in [0.1, 0.15) is 0 Å². The fourth-order valence-electron chi connectivity index (χ4n) is 1.89. The van der Waals surface area contributed by atoms with E-state index in [4.69, 9.17) is 4.74 Å². The number of aryl methyl sites for hydroxylation is 1. The second-order valence-corrected chi connectivity index (χ2v) is 8.14. The molecule has 132 valence electrons. The van der Waals surface area contributed by atoms with E-state index >= 15 is 0 Å². The SMILES string of the molecule is Cc1ccc(S(C)(=O)=O)cc1C(=O)OCC(=O)NC(=O)c1cccs1. The molecule has 0 unspecified atom stereocenters. The molecule has 0 radical (unpaired) electrons. The number of imide groups is 1. The highest BCUT2D eigenvalue weighted by atomic mass is 32.2. The topological polar surface area (TPSA) is 107 Å². The van der Waals surface area contributed by atoms with Crippen molar-refractivity contribution in [3.05, 3.63) is 51.7 Å². The normalized spacial score (nSPS) is 11.0. The summed E-state index contributed by atoms with van der Waals surface area (Å²) in [7, 11) is -3.48. The third-order valence-corrected chi connectivity index (χ3v) is 5.17. The molecule has 2 rings (SSSR count). The van der Waals surface area contributed by atoms with Crippen LogP contribution in [0.3, 0.4) is 0 Å². The fraction of sp³-hybridized carbons (Fsp3) is 0.188. The van der Waals surface area contributed by atoms with Crippen LogP contribution in [0.2, 0.25) is 0 Å². The number of carbonyl (C=O) groups is 3. The lowest BCUT2D eigenvalue weighted by atomic mass is 10.1. The van der Waals surface area contributed by atoms with Crippen molar-refractivity contribution in [2.24, 2.45) is 0 Å². The highest BCUT2D eigenvalue weighted by molar-refractivity contribution is 7.90. The van der Waals surface area contributed by atoms with E-state index in [9.17, 15) is 22.8 Å². The van der Waals surface area contributed by atoms with Gasteiger partial charge in [0.05, 0.1) is 15.3 Å². The molecule has 0 spiro atoms. The minimum atomic E-state index is -3.48. The second-order valence-electron chi connectivity index (χ2n) is 5.18. The van der Waals surface area contributed by atoms with Crippen LogP contribution in [0.25, 0.3) is 0 Å². The lowest BCUT2D eigenvalue weighted by molar-refractivity contribution is -0.123. The smallest absolute Gasteiger partial charge is 0.338 e. The number of rotatable bonds is 5. The van der Waals surface area contributed by atoms with E-state index in [1.807, 2.05) is 0 Å². The van der Waals surface area contributed by atoms with Gasteiger partial charge in [-0.25, -0.2) is 13.2 Å². The van der Waals surface area contributed by atoms with E-state index < -0.39 is 34.2 Å². The van der Waals surface area contributed by atoms with Crippen LogP contribution in [0.5, 0.6) is 0 Å². The molecule has 0 fully saturated rings. The van der Waals surface area contributed by atoms with Gasteiger partial charge in [-0.3, -0.25) is 14.9 Å². The molecule has 1 aromatic carbocycles.